The molecular weight excluding hydrogens is 529 g/mol. The highest BCUT2D eigenvalue weighted by molar-refractivity contribution is 7.92. The molecule has 0 aromatic heterocycles. The van der Waals surface area contributed by atoms with Crippen LogP contribution in [0.5, 0.6) is 0 Å². The summed E-state index contributed by atoms with van der Waals surface area (Å²) in [4.78, 5) is 28.7. The molecule has 0 heterocycles. The van der Waals surface area contributed by atoms with Crippen LogP contribution in [0.15, 0.2) is 77.7 Å². The van der Waals surface area contributed by atoms with Crippen molar-refractivity contribution in [2.24, 2.45) is 0 Å². The van der Waals surface area contributed by atoms with Crippen molar-refractivity contribution in [2.75, 3.05) is 10.8 Å². The lowest BCUT2D eigenvalue weighted by Gasteiger charge is -2.34. The van der Waals surface area contributed by atoms with Gasteiger partial charge in [-0.25, -0.2) is 12.8 Å². The van der Waals surface area contributed by atoms with Gasteiger partial charge in [0.1, 0.15) is 18.4 Å². The van der Waals surface area contributed by atoms with Crippen molar-refractivity contribution in [3.63, 3.8) is 0 Å². The second-order valence-corrected chi connectivity index (χ2v) is 12.8. The topological polar surface area (TPSA) is 86.8 Å². The van der Waals surface area contributed by atoms with E-state index in [4.69, 9.17) is 0 Å². The van der Waals surface area contributed by atoms with Crippen LogP contribution in [-0.4, -0.2) is 43.3 Å². The number of sulfonamides is 1. The maximum atomic E-state index is 15.0. The molecule has 1 atom stereocenters. The monoisotopic (exact) mass is 567 g/mol. The number of hydrogen-bond acceptors (Lipinski definition) is 4. The van der Waals surface area contributed by atoms with Crippen molar-refractivity contribution in [3.05, 3.63) is 95.3 Å². The van der Waals surface area contributed by atoms with Crippen LogP contribution in [0.1, 0.15) is 50.8 Å². The Balaban J connectivity index is 2.08. The van der Waals surface area contributed by atoms with Gasteiger partial charge in [0.15, 0.2) is 0 Å². The fourth-order valence-corrected chi connectivity index (χ4v) is 5.69. The molecule has 40 heavy (non-hydrogen) atoms. The van der Waals surface area contributed by atoms with Gasteiger partial charge in [0, 0.05) is 12.1 Å². The van der Waals surface area contributed by atoms with Gasteiger partial charge in [-0.1, -0.05) is 66.6 Å². The van der Waals surface area contributed by atoms with Crippen LogP contribution in [0.4, 0.5) is 10.1 Å². The molecule has 1 N–H and O–H groups in total. The average Bonchev–Trinajstić information content (AvgIpc) is 2.88. The second kappa shape index (κ2) is 12.6. The average molecular weight is 568 g/mol. The minimum absolute atomic E-state index is 0.0724. The summed E-state index contributed by atoms with van der Waals surface area (Å²) >= 11 is 0. The summed E-state index contributed by atoms with van der Waals surface area (Å²) in [7, 11) is -4.34. The van der Waals surface area contributed by atoms with Crippen molar-refractivity contribution < 1.29 is 22.4 Å². The van der Waals surface area contributed by atoms with E-state index in [1.165, 1.54) is 35.2 Å². The number of nitrogens with one attached hydrogen (secondary N) is 1. The van der Waals surface area contributed by atoms with E-state index >= 15 is 4.39 Å². The maximum absolute atomic E-state index is 15.0. The van der Waals surface area contributed by atoms with E-state index < -0.39 is 39.9 Å². The molecule has 0 aliphatic carbocycles. The number of hydrogen-bond donors (Lipinski definition) is 1. The number of carbonyl (C=O) groups excluding carboxylic acids is 2. The van der Waals surface area contributed by atoms with Crippen LogP contribution in [0.3, 0.4) is 0 Å². The van der Waals surface area contributed by atoms with Crippen LogP contribution >= 0.6 is 0 Å². The first-order valence-corrected chi connectivity index (χ1v) is 14.7. The Labute approximate surface area is 237 Å². The van der Waals surface area contributed by atoms with Crippen molar-refractivity contribution >= 4 is 27.5 Å². The Kier molecular flexibility index (Phi) is 9.73. The molecule has 0 aliphatic heterocycles. The summed E-state index contributed by atoms with van der Waals surface area (Å²) in [5.74, 6) is -1.77. The van der Waals surface area contributed by atoms with Crippen molar-refractivity contribution in [1.82, 2.24) is 10.2 Å². The van der Waals surface area contributed by atoms with Crippen LogP contribution in [0.25, 0.3) is 0 Å². The molecule has 0 saturated carbocycles. The van der Waals surface area contributed by atoms with Gasteiger partial charge in [-0.3, -0.25) is 13.9 Å². The van der Waals surface area contributed by atoms with Gasteiger partial charge in [0.25, 0.3) is 10.0 Å². The molecular formula is C31H38FN3O4S. The van der Waals surface area contributed by atoms with E-state index in [2.05, 4.69) is 5.32 Å². The van der Waals surface area contributed by atoms with Crippen molar-refractivity contribution in [2.45, 2.75) is 71.0 Å². The molecule has 0 unspecified atom stereocenters. The van der Waals surface area contributed by atoms with Crippen LogP contribution in [0.2, 0.25) is 0 Å². The number of halogens is 1. The number of carbonyl (C=O) groups is 2. The number of benzene rings is 3. The van der Waals surface area contributed by atoms with Gasteiger partial charge in [0.2, 0.25) is 11.8 Å². The van der Waals surface area contributed by atoms with E-state index in [1.54, 1.807) is 19.1 Å². The van der Waals surface area contributed by atoms with Crippen LogP contribution in [-0.2, 0) is 26.2 Å². The van der Waals surface area contributed by atoms with E-state index in [1.807, 2.05) is 58.9 Å². The number of aryl methyl sites for hydroxylation is 2. The van der Waals surface area contributed by atoms with Gasteiger partial charge in [0.05, 0.1) is 10.6 Å². The van der Waals surface area contributed by atoms with Gasteiger partial charge in [-0.15, -0.1) is 0 Å². The molecule has 0 bridgehead atoms. The number of nitrogens with zero attached hydrogens (tertiary/aromatic N) is 2. The van der Waals surface area contributed by atoms with Gasteiger partial charge in [-0.2, -0.15) is 0 Å². The summed E-state index contributed by atoms with van der Waals surface area (Å²) < 4.78 is 43.5. The van der Waals surface area contributed by atoms with E-state index in [0.29, 0.717) is 6.42 Å². The summed E-state index contributed by atoms with van der Waals surface area (Å²) in [5.41, 5.74) is 1.87. The molecule has 3 rings (SSSR count). The summed E-state index contributed by atoms with van der Waals surface area (Å²) in [6, 6.07) is 18.2. The number of rotatable bonds is 10. The molecule has 7 nitrogen and oxygen atoms in total. The lowest BCUT2D eigenvalue weighted by Crippen LogP contribution is -2.55. The third-order valence-electron chi connectivity index (χ3n) is 6.37. The van der Waals surface area contributed by atoms with Crippen molar-refractivity contribution in [3.8, 4) is 0 Å². The normalized spacial score (nSPS) is 12.5. The predicted molar refractivity (Wildman–Crippen MR) is 156 cm³/mol. The molecule has 0 saturated heterocycles. The first kappa shape index (κ1) is 30.8. The molecule has 0 radical (unpaired) electrons. The van der Waals surface area contributed by atoms with Gasteiger partial charge < -0.3 is 10.2 Å². The lowest BCUT2D eigenvalue weighted by molar-refractivity contribution is -0.141. The minimum Gasteiger partial charge on any atom is -0.350 e. The number of anilines is 1. The molecule has 0 fully saturated rings. The largest absolute Gasteiger partial charge is 0.350 e. The third kappa shape index (κ3) is 7.69. The first-order valence-electron chi connectivity index (χ1n) is 13.2. The van der Waals surface area contributed by atoms with E-state index in [9.17, 15) is 18.0 Å². The van der Waals surface area contributed by atoms with E-state index in [0.717, 1.165) is 27.1 Å². The lowest BCUT2D eigenvalue weighted by atomic mass is 10.1. The summed E-state index contributed by atoms with van der Waals surface area (Å²) in [5, 5.41) is 2.93. The zero-order valence-corrected chi connectivity index (χ0v) is 24.8. The van der Waals surface area contributed by atoms with Crippen LogP contribution in [0, 0.1) is 19.7 Å². The standard InChI is InChI=1S/C31H38FN3O4S/c1-7-27(30(37)33-31(4,5)6)34(20-24-16-12-22(2)13-17-24)29(36)21-35(28-11-9-8-10-26(28)32)40(38,39)25-18-14-23(3)15-19-25/h8-19,27H,7,20-21H2,1-6H3,(H,33,37)/t27-/m1/s1. The maximum Gasteiger partial charge on any atom is 0.264 e. The summed E-state index contributed by atoms with van der Waals surface area (Å²) in [6.07, 6.45) is 0.296. The molecule has 3 aromatic rings. The Morgan fingerprint density at radius 1 is 0.900 bits per heavy atom. The minimum atomic E-state index is -4.34. The molecule has 0 aliphatic rings. The fourth-order valence-electron chi connectivity index (χ4n) is 4.27. The fraction of sp³-hybridized carbons (Fsp3) is 0.355. The quantitative estimate of drug-likeness (QED) is 0.357. The predicted octanol–water partition coefficient (Wildman–Crippen LogP) is 5.36. The Morgan fingerprint density at radius 2 is 1.45 bits per heavy atom. The van der Waals surface area contributed by atoms with Crippen molar-refractivity contribution in [1.29, 1.82) is 0 Å². The molecule has 2 amide bonds. The highest BCUT2D eigenvalue weighted by Crippen LogP contribution is 2.27. The van der Waals surface area contributed by atoms with Gasteiger partial charge >= 0.3 is 0 Å². The smallest absolute Gasteiger partial charge is 0.264 e. The Morgan fingerprint density at radius 3 is 1.98 bits per heavy atom. The molecule has 0 spiro atoms. The Hall–Kier alpha value is -3.72. The number of para-hydroxylation sites is 1. The highest BCUT2D eigenvalue weighted by Gasteiger charge is 2.35. The molecule has 214 valence electrons. The third-order valence-corrected chi connectivity index (χ3v) is 8.14. The van der Waals surface area contributed by atoms with Crippen LogP contribution < -0.4 is 9.62 Å². The summed E-state index contributed by atoms with van der Waals surface area (Å²) in [6.45, 7) is 10.5. The SMILES string of the molecule is CC[C@H](C(=O)NC(C)(C)C)N(Cc1ccc(C)cc1)C(=O)CN(c1ccccc1F)S(=O)(=O)c1ccc(C)cc1. The highest BCUT2D eigenvalue weighted by atomic mass is 32.2. The zero-order valence-electron chi connectivity index (χ0n) is 23.9. The molecule has 3 aromatic carbocycles. The van der Waals surface area contributed by atoms with Gasteiger partial charge in [-0.05, 0) is 70.9 Å². The first-order chi connectivity index (χ1) is 18.7. The second-order valence-electron chi connectivity index (χ2n) is 10.9. The molecule has 9 heteroatoms. The zero-order chi connectivity index (χ0) is 29.7. The number of amides is 2. The van der Waals surface area contributed by atoms with E-state index in [-0.39, 0.29) is 23.0 Å². The Bertz CT molecular complexity index is 1430.